The highest BCUT2D eigenvalue weighted by atomic mass is 35.5. The zero-order chi connectivity index (χ0) is 25.9. The van der Waals surface area contributed by atoms with Gasteiger partial charge in [-0.3, -0.25) is 9.59 Å². The normalized spacial score (nSPS) is 12.7. The number of amides is 1. The molecule has 4 nitrogen and oxygen atoms in total. The molecule has 2 aromatic carbocycles. The van der Waals surface area contributed by atoms with Crippen molar-refractivity contribution in [2.24, 2.45) is 13.0 Å². The van der Waals surface area contributed by atoms with E-state index in [4.69, 9.17) is 23.2 Å². The van der Waals surface area contributed by atoms with Crippen LogP contribution in [0.4, 0.5) is 13.2 Å². The molecule has 0 spiro atoms. The topological polar surface area (TPSA) is 51.1 Å². The second kappa shape index (κ2) is 11.0. The molecule has 0 bridgehead atoms. The molecule has 0 aliphatic heterocycles. The SMILES string of the molecule is CCC(CCNC=O)CCc1ccc(Cl)c(C(=O)c2cc3c(C)cc(C(F)(F)F)cc3n2C)c1Cl. The van der Waals surface area contributed by atoms with Crippen molar-refractivity contribution in [1.29, 1.82) is 0 Å². The fourth-order valence-corrected chi connectivity index (χ4v) is 5.01. The summed E-state index contributed by atoms with van der Waals surface area (Å²) in [5.41, 5.74) is 1.07. The maximum Gasteiger partial charge on any atom is 0.416 e. The average molecular weight is 527 g/mol. The van der Waals surface area contributed by atoms with E-state index in [0.717, 1.165) is 37.0 Å². The molecule has 0 saturated heterocycles. The van der Waals surface area contributed by atoms with Gasteiger partial charge >= 0.3 is 6.18 Å². The summed E-state index contributed by atoms with van der Waals surface area (Å²) in [5, 5.41) is 3.66. The van der Waals surface area contributed by atoms with Crippen LogP contribution in [0, 0.1) is 12.8 Å². The summed E-state index contributed by atoms with van der Waals surface area (Å²) in [6, 6.07) is 7.12. The first kappa shape index (κ1) is 27.1. The molecular weight excluding hydrogens is 500 g/mol. The van der Waals surface area contributed by atoms with Crippen molar-refractivity contribution in [2.75, 3.05) is 6.54 Å². The number of nitrogens with one attached hydrogen (secondary N) is 1. The van der Waals surface area contributed by atoms with Crippen molar-refractivity contribution in [1.82, 2.24) is 9.88 Å². The van der Waals surface area contributed by atoms with Gasteiger partial charge in [-0.25, -0.2) is 0 Å². The van der Waals surface area contributed by atoms with Crippen LogP contribution in [-0.2, 0) is 24.4 Å². The van der Waals surface area contributed by atoms with E-state index < -0.39 is 17.5 Å². The van der Waals surface area contributed by atoms with Crippen LogP contribution in [0.5, 0.6) is 0 Å². The maximum absolute atomic E-state index is 13.5. The van der Waals surface area contributed by atoms with Gasteiger partial charge in [0.15, 0.2) is 0 Å². The molecule has 9 heteroatoms. The van der Waals surface area contributed by atoms with Gasteiger partial charge in [0.2, 0.25) is 12.2 Å². The standard InChI is InChI=1S/C26H27Cl2F3N2O2/c1-4-16(9-10-32-14-34)5-6-17-7-8-20(27)23(24(17)28)25(35)22-13-19-15(2)11-18(26(29,30)31)12-21(19)33(22)3/h7-8,11-14,16H,4-6,9-10H2,1-3H3,(H,32,34). The summed E-state index contributed by atoms with van der Waals surface area (Å²) < 4.78 is 41.4. The Morgan fingerprint density at radius 3 is 2.51 bits per heavy atom. The fraction of sp³-hybridized carbons (Fsp3) is 0.385. The molecule has 3 aromatic rings. The number of fused-ring (bicyclic) bond motifs is 1. The molecule has 35 heavy (non-hydrogen) atoms. The Labute approximate surface area is 212 Å². The number of ketones is 1. The van der Waals surface area contributed by atoms with Gasteiger partial charge in [-0.1, -0.05) is 42.6 Å². The van der Waals surface area contributed by atoms with Crippen LogP contribution in [-0.4, -0.2) is 23.3 Å². The lowest BCUT2D eigenvalue weighted by atomic mass is 9.93. The molecule has 0 saturated carbocycles. The van der Waals surface area contributed by atoms with E-state index >= 15 is 0 Å². The highest BCUT2D eigenvalue weighted by Crippen LogP contribution is 2.36. The zero-order valence-electron chi connectivity index (χ0n) is 19.7. The minimum absolute atomic E-state index is 0.140. The van der Waals surface area contributed by atoms with Gasteiger partial charge in [-0.15, -0.1) is 0 Å². The molecule has 0 aliphatic rings. The van der Waals surface area contributed by atoms with Crippen molar-refractivity contribution in [2.45, 2.75) is 45.7 Å². The third-order valence-corrected chi connectivity index (χ3v) is 7.25. The molecule has 1 N–H and O–H groups in total. The molecule has 1 unspecified atom stereocenters. The molecule has 3 rings (SSSR count). The van der Waals surface area contributed by atoms with E-state index in [-0.39, 0.29) is 21.3 Å². The van der Waals surface area contributed by atoms with E-state index in [1.165, 1.54) is 4.57 Å². The summed E-state index contributed by atoms with van der Waals surface area (Å²) in [4.78, 5) is 24.0. The number of benzene rings is 2. The first-order chi connectivity index (χ1) is 16.5. The number of hydrogen-bond acceptors (Lipinski definition) is 2. The Balaban J connectivity index is 1.95. The van der Waals surface area contributed by atoms with Crippen LogP contribution in [0.15, 0.2) is 30.3 Å². The van der Waals surface area contributed by atoms with Crippen LogP contribution >= 0.6 is 23.2 Å². The van der Waals surface area contributed by atoms with Gasteiger partial charge in [0.25, 0.3) is 0 Å². The number of carbonyl (C=O) groups is 2. The first-order valence-electron chi connectivity index (χ1n) is 11.3. The summed E-state index contributed by atoms with van der Waals surface area (Å²) >= 11 is 13.0. The first-order valence-corrected chi connectivity index (χ1v) is 12.1. The van der Waals surface area contributed by atoms with Gasteiger partial charge in [-0.05, 0) is 67.5 Å². The molecule has 0 radical (unpaired) electrons. The molecule has 1 amide bonds. The summed E-state index contributed by atoms with van der Waals surface area (Å²) in [6.07, 6.45) is -0.597. The Morgan fingerprint density at radius 2 is 1.89 bits per heavy atom. The number of hydrogen-bond donors (Lipinski definition) is 1. The number of aryl methyl sites for hydroxylation is 3. The Kier molecular flexibility index (Phi) is 8.54. The Hall–Kier alpha value is -2.51. The predicted molar refractivity (Wildman–Crippen MR) is 133 cm³/mol. The number of carbonyl (C=O) groups excluding carboxylic acids is 2. The Bertz CT molecular complexity index is 1250. The van der Waals surface area contributed by atoms with Crippen molar-refractivity contribution >= 4 is 46.3 Å². The molecule has 1 heterocycles. The summed E-state index contributed by atoms with van der Waals surface area (Å²) in [7, 11) is 1.56. The largest absolute Gasteiger partial charge is 0.416 e. The predicted octanol–water partition coefficient (Wildman–Crippen LogP) is 7.14. The zero-order valence-corrected chi connectivity index (χ0v) is 21.2. The van der Waals surface area contributed by atoms with Crippen LogP contribution in [0.25, 0.3) is 10.9 Å². The van der Waals surface area contributed by atoms with Gasteiger partial charge in [0.05, 0.1) is 26.9 Å². The van der Waals surface area contributed by atoms with E-state index in [9.17, 15) is 22.8 Å². The third kappa shape index (κ3) is 5.84. The smallest absolute Gasteiger partial charge is 0.359 e. The van der Waals surface area contributed by atoms with Gasteiger partial charge in [-0.2, -0.15) is 13.2 Å². The average Bonchev–Trinajstić information content (AvgIpc) is 3.13. The highest BCUT2D eigenvalue weighted by Gasteiger charge is 2.32. The minimum Gasteiger partial charge on any atom is -0.359 e. The number of alkyl halides is 3. The highest BCUT2D eigenvalue weighted by molar-refractivity contribution is 6.41. The van der Waals surface area contributed by atoms with Gasteiger partial charge in [0.1, 0.15) is 0 Å². The van der Waals surface area contributed by atoms with Crippen LogP contribution in [0.3, 0.4) is 0 Å². The van der Waals surface area contributed by atoms with Gasteiger partial charge in [0, 0.05) is 24.5 Å². The number of aromatic nitrogens is 1. The van der Waals surface area contributed by atoms with Crippen LogP contribution in [0.1, 0.15) is 58.9 Å². The van der Waals surface area contributed by atoms with E-state index in [2.05, 4.69) is 12.2 Å². The van der Waals surface area contributed by atoms with Gasteiger partial charge < -0.3 is 9.88 Å². The lowest BCUT2D eigenvalue weighted by Gasteiger charge is -2.16. The Morgan fingerprint density at radius 1 is 1.17 bits per heavy atom. The third-order valence-electron chi connectivity index (χ3n) is 6.51. The van der Waals surface area contributed by atoms with E-state index in [0.29, 0.717) is 41.8 Å². The quantitative estimate of drug-likeness (QED) is 0.173. The van der Waals surface area contributed by atoms with Crippen LogP contribution in [0.2, 0.25) is 10.0 Å². The van der Waals surface area contributed by atoms with Crippen molar-refractivity contribution in [3.8, 4) is 0 Å². The fourth-order valence-electron chi connectivity index (χ4n) is 4.37. The van der Waals surface area contributed by atoms with Crippen molar-refractivity contribution in [3.05, 3.63) is 68.3 Å². The molecule has 1 atom stereocenters. The van der Waals surface area contributed by atoms with Crippen molar-refractivity contribution < 1.29 is 22.8 Å². The minimum atomic E-state index is -4.49. The van der Waals surface area contributed by atoms with Crippen LogP contribution < -0.4 is 5.32 Å². The van der Waals surface area contributed by atoms with E-state index in [1.807, 2.05) is 0 Å². The number of rotatable bonds is 10. The molecule has 188 valence electrons. The molecule has 0 fully saturated rings. The lowest BCUT2D eigenvalue weighted by molar-refractivity contribution is -0.137. The monoisotopic (exact) mass is 526 g/mol. The summed E-state index contributed by atoms with van der Waals surface area (Å²) in [6.45, 7) is 4.26. The second-order valence-corrected chi connectivity index (χ2v) is 9.50. The number of nitrogens with zero attached hydrogens (tertiary/aromatic N) is 1. The number of halogens is 5. The summed E-state index contributed by atoms with van der Waals surface area (Å²) in [5.74, 6) is -0.0759. The molecule has 1 aromatic heterocycles. The lowest BCUT2D eigenvalue weighted by Crippen LogP contribution is -2.16. The maximum atomic E-state index is 13.5. The molecular formula is C26H27Cl2F3N2O2. The van der Waals surface area contributed by atoms with Crippen molar-refractivity contribution in [3.63, 3.8) is 0 Å². The molecule has 0 aliphatic carbocycles. The van der Waals surface area contributed by atoms with E-state index in [1.54, 1.807) is 32.2 Å². The second-order valence-electron chi connectivity index (χ2n) is 8.71.